The fraction of sp³-hybridized carbons (Fsp3) is 0.400. The lowest BCUT2D eigenvalue weighted by molar-refractivity contribution is -0.253. The molecular formula is C15H19NO8. The summed E-state index contributed by atoms with van der Waals surface area (Å²) in [6.45, 7) is -0.597. The van der Waals surface area contributed by atoms with Crippen LogP contribution in [0.5, 0.6) is 11.5 Å². The van der Waals surface area contributed by atoms with Crippen molar-refractivity contribution >= 4 is 12.0 Å². The molecule has 5 atom stereocenters. The number of hydrogen-bond donors (Lipinski definition) is 7. The van der Waals surface area contributed by atoms with E-state index in [2.05, 4.69) is 5.32 Å². The van der Waals surface area contributed by atoms with Crippen molar-refractivity contribution in [3.63, 3.8) is 0 Å². The Hall–Kier alpha value is -2.17. The highest BCUT2D eigenvalue weighted by molar-refractivity contribution is 5.92. The van der Waals surface area contributed by atoms with Crippen molar-refractivity contribution in [3.05, 3.63) is 29.8 Å². The van der Waals surface area contributed by atoms with E-state index in [1.165, 1.54) is 24.3 Å². The molecule has 0 saturated carbocycles. The van der Waals surface area contributed by atoms with Gasteiger partial charge < -0.3 is 40.7 Å². The third-order valence-corrected chi connectivity index (χ3v) is 3.64. The quantitative estimate of drug-likeness (QED) is 0.245. The Bertz CT molecular complexity index is 619. The lowest BCUT2D eigenvalue weighted by Crippen LogP contribution is -2.64. The van der Waals surface area contributed by atoms with E-state index in [1.807, 2.05) is 0 Å². The second-order valence-electron chi connectivity index (χ2n) is 5.34. The minimum Gasteiger partial charge on any atom is -0.504 e. The lowest BCUT2D eigenvalue weighted by Gasteiger charge is -2.40. The third-order valence-electron chi connectivity index (χ3n) is 3.64. The highest BCUT2D eigenvalue weighted by atomic mass is 16.6. The van der Waals surface area contributed by atoms with E-state index in [-0.39, 0.29) is 11.5 Å². The molecule has 5 unspecified atom stereocenters. The summed E-state index contributed by atoms with van der Waals surface area (Å²) in [5, 5.41) is 59.2. The van der Waals surface area contributed by atoms with Crippen LogP contribution in [0.4, 0.5) is 0 Å². The van der Waals surface area contributed by atoms with Crippen molar-refractivity contribution in [2.75, 3.05) is 6.61 Å². The Kier molecular flexibility index (Phi) is 5.75. The summed E-state index contributed by atoms with van der Waals surface area (Å²) in [6, 6.07) is 2.67. The number of phenolic OH excluding ortho intramolecular Hbond substituents is 2. The van der Waals surface area contributed by atoms with Crippen molar-refractivity contribution < 1.29 is 40.2 Å². The van der Waals surface area contributed by atoms with Crippen LogP contribution < -0.4 is 5.32 Å². The average molecular weight is 341 g/mol. The number of amides is 1. The predicted molar refractivity (Wildman–Crippen MR) is 80.7 cm³/mol. The summed E-state index contributed by atoms with van der Waals surface area (Å²) in [7, 11) is 0. The van der Waals surface area contributed by atoms with Crippen LogP contribution in [0.25, 0.3) is 6.08 Å². The van der Waals surface area contributed by atoms with E-state index in [0.29, 0.717) is 5.56 Å². The van der Waals surface area contributed by atoms with Crippen LogP contribution in [-0.4, -0.2) is 73.8 Å². The first-order chi connectivity index (χ1) is 11.3. The molecule has 0 radical (unpaired) electrons. The molecule has 1 aliphatic heterocycles. The molecule has 1 amide bonds. The van der Waals surface area contributed by atoms with Gasteiger partial charge >= 0.3 is 0 Å². The summed E-state index contributed by atoms with van der Waals surface area (Å²) in [5.41, 5.74) is 0.432. The molecule has 0 spiro atoms. The molecule has 132 valence electrons. The van der Waals surface area contributed by atoms with Crippen molar-refractivity contribution in [2.45, 2.75) is 30.6 Å². The van der Waals surface area contributed by atoms with Gasteiger partial charge in [0.1, 0.15) is 24.4 Å². The van der Waals surface area contributed by atoms with E-state index in [4.69, 9.17) is 9.84 Å². The number of ether oxygens (including phenoxy) is 1. The van der Waals surface area contributed by atoms with Gasteiger partial charge in [-0.05, 0) is 23.8 Å². The van der Waals surface area contributed by atoms with Crippen molar-refractivity contribution in [2.24, 2.45) is 0 Å². The topological polar surface area (TPSA) is 160 Å². The molecule has 2 rings (SSSR count). The van der Waals surface area contributed by atoms with E-state index in [9.17, 15) is 30.3 Å². The van der Waals surface area contributed by atoms with Gasteiger partial charge in [0.2, 0.25) is 5.91 Å². The fourth-order valence-electron chi connectivity index (χ4n) is 2.28. The number of carbonyl (C=O) groups is 1. The first kappa shape index (κ1) is 18.2. The summed E-state index contributed by atoms with van der Waals surface area (Å²) >= 11 is 0. The van der Waals surface area contributed by atoms with Crippen molar-refractivity contribution in [1.82, 2.24) is 5.32 Å². The van der Waals surface area contributed by atoms with Gasteiger partial charge in [-0.2, -0.15) is 0 Å². The van der Waals surface area contributed by atoms with Gasteiger partial charge in [0.25, 0.3) is 0 Å². The Morgan fingerprint density at radius 2 is 1.88 bits per heavy atom. The van der Waals surface area contributed by atoms with Crippen molar-refractivity contribution in [1.29, 1.82) is 0 Å². The molecular weight excluding hydrogens is 322 g/mol. The normalized spacial score (nSPS) is 30.4. The molecule has 1 heterocycles. The molecule has 1 aliphatic rings. The van der Waals surface area contributed by atoms with Gasteiger partial charge in [-0.15, -0.1) is 0 Å². The van der Waals surface area contributed by atoms with Gasteiger partial charge in [-0.3, -0.25) is 4.79 Å². The zero-order valence-corrected chi connectivity index (χ0v) is 12.5. The van der Waals surface area contributed by atoms with E-state index in [1.54, 1.807) is 0 Å². The Labute approximate surface area is 137 Å². The molecule has 0 bridgehead atoms. The monoisotopic (exact) mass is 341 g/mol. The molecule has 24 heavy (non-hydrogen) atoms. The summed E-state index contributed by atoms with van der Waals surface area (Å²) in [5.74, 6) is -1.33. The van der Waals surface area contributed by atoms with Crippen LogP contribution in [-0.2, 0) is 9.53 Å². The maximum atomic E-state index is 11.9. The lowest BCUT2D eigenvalue weighted by atomic mass is 9.97. The number of aliphatic hydroxyl groups excluding tert-OH is 4. The first-order valence-electron chi connectivity index (χ1n) is 7.14. The number of benzene rings is 1. The fourth-order valence-corrected chi connectivity index (χ4v) is 2.28. The van der Waals surface area contributed by atoms with Gasteiger partial charge in [0, 0.05) is 6.08 Å². The summed E-state index contributed by atoms with van der Waals surface area (Å²) in [6.07, 6.45) is -3.34. The second-order valence-corrected chi connectivity index (χ2v) is 5.34. The van der Waals surface area contributed by atoms with Crippen LogP contribution in [0.3, 0.4) is 0 Å². The number of carbonyl (C=O) groups excluding carboxylic acids is 1. The van der Waals surface area contributed by atoms with Crippen LogP contribution in [0, 0.1) is 0 Å². The smallest absolute Gasteiger partial charge is 0.244 e. The van der Waals surface area contributed by atoms with Crippen LogP contribution in [0.15, 0.2) is 24.3 Å². The number of nitrogens with one attached hydrogen (secondary N) is 1. The van der Waals surface area contributed by atoms with Crippen molar-refractivity contribution in [3.8, 4) is 11.5 Å². The minimum absolute atomic E-state index is 0.297. The standard InChI is InChI=1S/C15H19NO8/c17-6-10-13(21)14(22)12(15(23)24-10)16-11(20)4-2-7-1-3-8(18)9(19)5-7/h1-5,10,12-15,17-19,21-23H,6H2,(H,16,20). The maximum Gasteiger partial charge on any atom is 0.244 e. The largest absolute Gasteiger partial charge is 0.504 e. The van der Waals surface area contributed by atoms with E-state index >= 15 is 0 Å². The second kappa shape index (κ2) is 7.60. The first-order valence-corrected chi connectivity index (χ1v) is 7.14. The number of rotatable bonds is 4. The molecule has 9 heteroatoms. The summed E-state index contributed by atoms with van der Waals surface area (Å²) in [4.78, 5) is 11.9. The number of hydrogen-bond acceptors (Lipinski definition) is 8. The maximum absolute atomic E-state index is 11.9. The number of phenols is 2. The van der Waals surface area contributed by atoms with Gasteiger partial charge in [-0.1, -0.05) is 6.07 Å². The van der Waals surface area contributed by atoms with E-state index in [0.717, 1.165) is 6.08 Å². The molecule has 9 nitrogen and oxygen atoms in total. The Morgan fingerprint density at radius 3 is 2.50 bits per heavy atom. The average Bonchev–Trinajstić information content (AvgIpc) is 2.56. The zero-order chi connectivity index (χ0) is 17.9. The third kappa shape index (κ3) is 4.02. The number of aromatic hydroxyl groups is 2. The molecule has 1 saturated heterocycles. The van der Waals surface area contributed by atoms with Crippen LogP contribution in [0.2, 0.25) is 0 Å². The number of aliphatic hydroxyl groups is 4. The molecule has 1 fully saturated rings. The zero-order valence-electron chi connectivity index (χ0n) is 12.5. The minimum atomic E-state index is -1.60. The van der Waals surface area contributed by atoms with Gasteiger partial charge in [0.05, 0.1) is 6.61 Å². The SMILES string of the molecule is O=C(C=Cc1ccc(O)c(O)c1)NC1C(O)OC(CO)C(O)C1O. The summed E-state index contributed by atoms with van der Waals surface area (Å²) < 4.78 is 4.92. The highest BCUT2D eigenvalue weighted by Gasteiger charge is 2.44. The molecule has 0 aromatic heterocycles. The highest BCUT2D eigenvalue weighted by Crippen LogP contribution is 2.25. The molecule has 1 aromatic carbocycles. The Morgan fingerprint density at radius 1 is 1.17 bits per heavy atom. The molecule has 1 aromatic rings. The van der Waals surface area contributed by atoms with Gasteiger partial charge in [0.15, 0.2) is 17.8 Å². The van der Waals surface area contributed by atoms with Gasteiger partial charge in [-0.25, -0.2) is 0 Å². The van der Waals surface area contributed by atoms with E-state index < -0.39 is 43.2 Å². The predicted octanol–water partition coefficient (Wildman–Crippen LogP) is -1.97. The van der Waals surface area contributed by atoms with Crippen LogP contribution in [0.1, 0.15) is 5.56 Å². The Balaban J connectivity index is 2.00. The molecule has 7 N–H and O–H groups in total. The van der Waals surface area contributed by atoms with Crippen LogP contribution >= 0.6 is 0 Å². The molecule has 0 aliphatic carbocycles.